The van der Waals surface area contributed by atoms with Crippen LogP contribution in [0.2, 0.25) is 0 Å². The van der Waals surface area contributed by atoms with Crippen LogP contribution in [0.25, 0.3) is 0 Å². The summed E-state index contributed by atoms with van der Waals surface area (Å²) >= 11 is 0. The Kier molecular flexibility index (Phi) is 2.15. The lowest BCUT2D eigenvalue weighted by Crippen LogP contribution is -1.91. The summed E-state index contributed by atoms with van der Waals surface area (Å²) in [6.45, 7) is 3.60. The first-order chi connectivity index (χ1) is 5.24. The van der Waals surface area contributed by atoms with Crippen molar-refractivity contribution in [3.05, 3.63) is 41.1 Å². The minimum atomic E-state index is -0.472. The molecule has 0 unspecified atom stereocenters. The van der Waals surface area contributed by atoms with Crippen LogP contribution in [0.1, 0.15) is 5.69 Å². The van der Waals surface area contributed by atoms with Crippen LogP contribution in [-0.4, -0.2) is 9.91 Å². The molecule has 1 radical (unpaired) electrons. The van der Waals surface area contributed by atoms with E-state index in [0.717, 1.165) is 5.69 Å². The summed E-state index contributed by atoms with van der Waals surface area (Å²) in [7, 11) is 0. The van der Waals surface area contributed by atoms with Crippen molar-refractivity contribution in [1.29, 1.82) is 0 Å². The van der Waals surface area contributed by atoms with Crippen molar-refractivity contribution < 1.29 is 4.92 Å². The summed E-state index contributed by atoms with van der Waals surface area (Å²) in [6.07, 6.45) is 1.79. The first-order valence-corrected chi connectivity index (χ1v) is 3.12. The van der Waals surface area contributed by atoms with Gasteiger partial charge in [-0.3, -0.25) is 15.1 Å². The summed E-state index contributed by atoms with van der Waals surface area (Å²) in [6, 6.07) is 3.03. The predicted octanol–water partition coefficient (Wildman–Crippen LogP) is 1.37. The molecule has 0 bridgehead atoms. The summed E-state index contributed by atoms with van der Waals surface area (Å²) in [5.41, 5.74) is 0.776. The Morgan fingerprint density at radius 1 is 1.64 bits per heavy atom. The Labute approximate surface area is 64.0 Å². The van der Waals surface area contributed by atoms with Crippen LogP contribution in [-0.2, 0) is 6.42 Å². The van der Waals surface area contributed by atoms with Crippen LogP contribution < -0.4 is 0 Å². The Hall–Kier alpha value is -1.45. The molecule has 4 heteroatoms. The normalized spacial score (nSPS) is 9.55. The number of hydrogen-bond donors (Lipinski definition) is 0. The molecule has 1 rings (SSSR count). The molecule has 0 atom stereocenters. The molecule has 0 aliphatic heterocycles. The summed E-state index contributed by atoms with van der Waals surface area (Å²) in [4.78, 5) is 13.5. The maximum atomic E-state index is 10.2. The van der Waals surface area contributed by atoms with Crippen LogP contribution in [0.3, 0.4) is 0 Å². The fourth-order valence-corrected chi connectivity index (χ4v) is 0.673. The van der Waals surface area contributed by atoms with Gasteiger partial charge in [-0.2, -0.15) is 0 Å². The van der Waals surface area contributed by atoms with Crippen molar-refractivity contribution >= 4 is 5.69 Å². The van der Waals surface area contributed by atoms with Gasteiger partial charge in [-0.05, 0) is 19.4 Å². The molecule has 0 aliphatic carbocycles. The van der Waals surface area contributed by atoms with Crippen LogP contribution in [0, 0.1) is 17.0 Å². The van der Waals surface area contributed by atoms with Gasteiger partial charge >= 0.3 is 0 Å². The molecular weight excluding hydrogens is 144 g/mol. The van der Waals surface area contributed by atoms with Gasteiger partial charge in [0.05, 0.1) is 4.92 Å². The van der Waals surface area contributed by atoms with Crippen LogP contribution in [0.15, 0.2) is 18.3 Å². The van der Waals surface area contributed by atoms with E-state index in [0.29, 0.717) is 6.42 Å². The number of nitrogens with zero attached hydrogens (tertiary/aromatic N) is 2. The largest absolute Gasteiger partial charge is 0.287 e. The lowest BCUT2D eigenvalue weighted by Gasteiger charge is -1.92. The zero-order valence-electron chi connectivity index (χ0n) is 5.86. The fourth-order valence-electron chi connectivity index (χ4n) is 0.673. The van der Waals surface area contributed by atoms with E-state index in [4.69, 9.17) is 0 Å². The molecule has 1 aromatic rings. The van der Waals surface area contributed by atoms with Gasteiger partial charge in [0.25, 0.3) is 5.69 Å². The highest BCUT2D eigenvalue weighted by Crippen LogP contribution is 2.08. The van der Waals surface area contributed by atoms with Crippen molar-refractivity contribution in [2.75, 3.05) is 0 Å². The number of aromatic nitrogens is 1. The van der Waals surface area contributed by atoms with Crippen molar-refractivity contribution in [2.45, 2.75) is 6.42 Å². The lowest BCUT2D eigenvalue weighted by molar-refractivity contribution is -0.385. The quantitative estimate of drug-likeness (QED) is 0.473. The second kappa shape index (κ2) is 3.09. The monoisotopic (exact) mass is 151 g/mol. The standard InChI is InChI=1S/C7H7N2O2/c1-2-6-3-4-7(5-8-6)9(10)11/h3-5H,1-2H2. The van der Waals surface area contributed by atoms with E-state index in [1.165, 1.54) is 12.3 Å². The molecule has 57 valence electrons. The highest BCUT2D eigenvalue weighted by atomic mass is 16.6. The van der Waals surface area contributed by atoms with E-state index < -0.39 is 4.92 Å². The van der Waals surface area contributed by atoms with E-state index in [1.54, 1.807) is 6.07 Å². The van der Waals surface area contributed by atoms with Gasteiger partial charge in [0, 0.05) is 11.8 Å². The molecule has 4 nitrogen and oxygen atoms in total. The van der Waals surface area contributed by atoms with E-state index in [-0.39, 0.29) is 5.69 Å². The van der Waals surface area contributed by atoms with Gasteiger partial charge < -0.3 is 0 Å². The summed E-state index contributed by atoms with van der Waals surface area (Å²) in [5, 5.41) is 10.2. The maximum Gasteiger partial charge on any atom is 0.287 e. The van der Waals surface area contributed by atoms with Crippen molar-refractivity contribution in [3.8, 4) is 0 Å². The zero-order valence-corrected chi connectivity index (χ0v) is 5.86. The van der Waals surface area contributed by atoms with Gasteiger partial charge in [0.15, 0.2) is 0 Å². The van der Waals surface area contributed by atoms with Crippen molar-refractivity contribution in [3.63, 3.8) is 0 Å². The van der Waals surface area contributed by atoms with Crippen LogP contribution in [0.4, 0.5) is 5.69 Å². The van der Waals surface area contributed by atoms with Crippen LogP contribution >= 0.6 is 0 Å². The molecule has 0 N–H and O–H groups in total. The number of pyridine rings is 1. The molecule has 0 spiro atoms. The van der Waals surface area contributed by atoms with Gasteiger partial charge in [0.1, 0.15) is 6.20 Å². The molecule has 1 heterocycles. The molecule has 1 aromatic heterocycles. The second-order valence-corrected chi connectivity index (χ2v) is 2.01. The maximum absolute atomic E-state index is 10.2. The molecule has 0 saturated carbocycles. The van der Waals surface area contributed by atoms with E-state index in [1.807, 2.05) is 0 Å². The minimum Gasteiger partial charge on any atom is -0.258 e. The smallest absolute Gasteiger partial charge is 0.258 e. The predicted molar refractivity (Wildman–Crippen MR) is 40.0 cm³/mol. The Balaban J connectivity index is 2.91. The third kappa shape index (κ3) is 1.73. The van der Waals surface area contributed by atoms with Gasteiger partial charge in [-0.25, -0.2) is 0 Å². The summed E-state index contributed by atoms with van der Waals surface area (Å²) in [5.74, 6) is 0. The molecular formula is C7H7N2O2. The van der Waals surface area contributed by atoms with E-state index in [2.05, 4.69) is 11.9 Å². The third-order valence-electron chi connectivity index (χ3n) is 1.28. The SMILES string of the molecule is [CH2]Cc1ccc([N+](=O)[O-])cn1. The van der Waals surface area contributed by atoms with Crippen molar-refractivity contribution in [2.24, 2.45) is 0 Å². The topological polar surface area (TPSA) is 56.0 Å². The number of nitro groups is 1. The molecule has 0 fully saturated rings. The average Bonchev–Trinajstić information content (AvgIpc) is 2.05. The highest BCUT2D eigenvalue weighted by Gasteiger charge is 2.03. The van der Waals surface area contributed by atoms with Crippen molar-refractivity contribution in [1.82, 2.24) is 4.98 Å². The van der Waals surface area contributed by atoms with Gasteiger partial charge in [0.2, 0.25) is 0 Å². The number of rotatable bonds is 2. The Morgan fingerprint density at radius 3 is 2.73 bits per heavy atom. The third-order valence-corrected chi connectivity index (χ3v) is 1.28. The number of hydrogen-bond acceptors (Lipinski definition) is 3. The van der Waals surface area contributed by atoms with Crippen LogP contribution in [0.5, 0.6) is 0 Å². The molecule has 0 aliphatic rings. The zero-order chi connectivity index (χ0) is 8.27. The van der Waals surface area contributed by atoms with Gasteiger partial charge in [-0.1, -0.05) is 0 Å². The van der Waals surface area contributed by atoms with Gasteiger partial charge in [-0.15, -0.1) is 0 Å². The average molecular weight is 151 g/mol. The fraction of sp³-hybridized carbons (Fsp3) is 0.143. The molecule has 0 aromatic carbocycles. The highest BCUT2D eigenvalue weighted by molar-refractivity contribution is 5.26. The lowest BCUT2D eigenvalue weighted by atomic mass is 10.3. The summed E-state index contributed by atoms with van der Waals surface area (Å²) < 4.78 is 0. The second-order valence-electron chi connectivity index (χ2n) is 2.01. The molecule has 0 saturated heterocycles. The first kappa shape index (κ1) is 7.65. The van der Waals surface area contributed by atoms with E-state index >= 15 is 0 Å². The minimum absolute atomic E-state index is 0.0159. The molecule has 0 amide bonds. The Morgan fingerprint density at radius 2 is 2.36 bits per heavy atom. The van der Waals surface area contributed by atoms with E-state index in [9.17, 15) is 10.1 Å². The molecule has 11 heavy (non-hydrogen) atoms. The first-order valence-electron chi connectivity index (χ1n) is 3.12. The Bertz CT molecular complexity index is 256.